The van der Waals surface area contributed by atoms with Crippen molar-refractivity contribution in [1.82, 2.24) is 0 Å². The predicted molar refractivity (Wildman–Crippen MR) is 114 cm³/mol. The number of ether oxygens (including phenoxy) is 2. The van der Waals surface area contributed by atoms with E-state index in [0.717, 1.165) is 13.8 Å². The molecule has 0 saturated carbocycles. The molecule has 37 heavy (non-hydrogen) atoms. The first kappa shape index (κ1) is 35.3. The molecule has 218 valence electrons. The number of allylic oxidation sites excluding steroid dienone is 1. The molecule has 0 saturated heterocycles. The van der Waals surface area contributed by atoms with Gasteiger partial charge in [-0.3, -0.25) is 9.59 Å². The lowest BCUT2D eigenvalue weighted by molar-refractivity contribution is -0.522. The van der Waals surface area contributed by atoms with Crippen LogP contribution in [0.25, 0.3) is 0 Å². The van der Waals surface area contributed by atoms with Crippen LogP contribution in [0.4, 0.5) is 39.1 Å². The van der Waals surface area contributed by atoms with Crippen molar-refractivity contribution in [3.8, 4) is 0 Å². The second-order valence-electron chi connectivity index (χ2n) is 8.74. The molecular weight excluding hydrogens is 551 g/mol. The molecule has 0 aliphatic heterocycles. The van der Waals surface area contributed by atoms with E-state index in [-0.39, 0.29) is 12.8 Å². The van der Waals surface area contributed by atoms with E-state index in [1.165, 1.54) is 26.8 Å². The number of rotatable bonds is 17. The normalized spacial score (nSPS) is 19.6. The number of carboxylic acids is 1. The fourth-order valence-corrected chi connectivity index (χ4v) is 4.24. The van der Waals surface area contributed by atoms with Crippen molar-refractivity contribution >= 4 is 24.1 Å². The van der Waals surface area contributed by atoms with Gasteiger partial charge in [-0.25, -0.2) is 4.74 Å². The molecule has 16 heteroatoms. The van der Waals surface area contributed by atoms with Crippen LogP contribution in [-0.4, -0.2) is 47.0 Å². The number of carbonyl (C=O) groups excluding carboxylic acids is 1. The first-order valence-corrected chi connectivity index (χ1v) is 11.5. The van der Waals surface area contributed by atoms with E-state index in [2.05, 4.69) is 11.3 Å². The van der Waals surface area contributed by atoms with Gasteiger partial charge in [0.2, 0.25) is 0 Å². The first-order chi connectivity index (χ1) is 16.6. The lowest BCUT2D eigenvalue weighted by Crippen LogP contribution is -2.58. The molecule has 0 heterocycles. The molecule has 5 unspecified atom stereocenters. The molecule has 0 aliphatic rings. The summed E-state index contributed by atoms with van der Waals surface area (Å²) in [7, 11) is 0. The Morgan fingerprint density at radius 1 is 1.08 bits per heavy atom. The highest BCUT2D eigenvalue weighted by Crippen LogP contribution is 2.58. The zero-order valence-corrected chi connectivity index (χ0v) is 21.4. The summed E-state index contributed by atoms with van der Waals surface area (Å²) in [4.78, 5) is 27.1. The van der Waals surface area contributed by atoms with Gasteiger partial charge in [-0.1, -0.05) is 26.8 Å². The molecule has 0 rings (SSSR count). The Kier molecular flexibility index (Phi) is 11.9. The molecule has 0 aromatic rings. The Balaban J connectivity index is 6.88. The van der Waals surface area contributed by atoms with Crippen LogP contribution in [0, 0.1) is 22.7 Å². The molecule has 0 aromatic heterocycles. The zero-order chi connectivity index (χ0) is 29.7. The van der Waals surface area contributed by atoms with Crippen LogP contribution in [0.3, 0.4) is 0 Å². The van der Waals surface area contributed by atoms with Gasteiger partial charge in [0.1, 0.15) is 12.1 Å². The minimum atomic E-state index is -6.33. The summed E-state index contributed by atoms with van der Waals surface area (Å²) in [6.07, 6.45) is -7.76. The van der Waals surface area contributed by atoms with E-state index in [1.54, 1.807) is 0 Å². The van der Waals surface area contributed by atoms with Gasteiger partial charge in [-0.2, -0.15) is 34.6 Å². The van der Waals surface area contributed by atoms with Crippen LogP contribution in [-0.2, 0) is 24.0 Å². The van der Waals surface area contributed by atoms with E-state index in [9.17, 15) is 53.8 Å². The third-order valence-corrected chi connectivity index (χ3v) is 7.34. The standard InChI is InChI=1S/C21H29F9O6S/c1-7-10-12(4)17(6,15(32)33)16(5,8-2)13(14(31)34-9-3)11-18(22,23)19(24,25)35-21(28,36-29)20(26,27)37-30/h7,12-13H,1,8-11H2,2-6H3,(H,32,33). The van der Waals surface area contributed by atoms with Crippen molar-refractivity contribution < 1.29 is 68.3 Å². The van der Waals surface area contributed by atoms with E-state index >= 15 is 0 Å². The van der Waals surface area contributed by atoms with Gasteiger partial charge in [0.15, 0.2) is 0 Å². The summed E-state index contributed by atoms with van der Waals surface area (Å²) in [5, 5.41) is 4.17. The topological polar surface area (TPSA) is 82.1 Å². The summed E-state index contributed by atoms with van der Waals surface area (Å²) < 4.78 is 131. The molecule has 0 fully saturated rings. The van der Waals surface area contributed by atoms with Gasteiger partial charge in [-0.05, 0) is 42.5 Å². The van der Waals surface area contributed by atoms with E-state index in [1.807, 2.05) is 4.94 Å². The predicted octanol–water partition coefficient (Wildman–Crippen LogP) is 7.25. The van der Waals surface area contributed by atoms with Crippen LogP contribution < -0.4 is 0 Å². The van der Waals surface area contributed by atoms with Crippen molar-refractivity contribution in [1.29, 1.82) is 0 Å². The number of alkyl halides is 7. The number of hydrogen-bond acceptors (Lipinski definition) is 6. The van der Waals surface area contributed by atoms with Gasteiger partial charge in [0, 0.05) is 6.42 Å². The van der Waals surface area contributed by atoms with E-state index in [0.29, 0.717) is 0 Å². The van der Waals surface area contributed by atoms with E-state index < -0.39 is 83.1 Å². The van der Waals surface area contributed by atoms with Crippen molar-refractivity contribution in [2.75, 3.05) is 6.61 Å². The highest BCUT2D eigenvalue weighted by atomic mass is 32.2. The number of aliphatic carboxylic acids is 1. The number of hydrogen-bond donors (Lipinski definition) is 1. The molecule has 5 atom stereocenters. The van der Waals surface area contributed by atoms with Gasteiger partial charge in [-0.15, -0.1) is 11.5 Å². The average molecular weight is 581 g/mol. The van der Waals surface area contributed by atoms with Gasteiger partial charge in [0.25, 0.3) is 0 Å². The Labute approximate surface area is 212 Å². The molecule has 0 amide bonds. The van der Waals surface area contributed by atoms with Crippen molar-refractivity contribution in [3.63, 3.8) is 0 Å². The largest absolute Gasteiger partial charge is 0.481 e. The number of carboxylic acid groups (broad SMARTS) is 1. The highest BCUT2D eigenvalue weighted by molar-refractivity contribution is 7.95. The summed E-state index contributed by atoms with van der Waals surface area (Å²) >= 11 is -2.37. The van der Waals surface area contributed by atoms with Crippen LogP contribution in [0.2, 0.25) is 0 Å². The Hall–Kier alpha value is -1.68. The van der Waals surface area contributed by atoms with Gasteiger partial charge in [0.05, 0.1) is 17.9 Å². The lowest BCUT2D eigenvalue weighted by Gasteiger charge is -2.51. The SMILES string of the molecule is C=CCC(C)C(C)(C(=O)O)C(C)(CC)C(CC(F)(F)C(F)(F)OC(F)(OF)C(F)(F)SF)C(=O)OCC. The maximum absolute atomic E-state index is 14.9. The maximum atomic E-state index is 14.9. The molecule has 0 aromatic carbocycles. The number of carbonyl (C=O) groups is 2. The molecule has 0 spiro atoms. The Morgan fingerprint density at radius 2 is 1.59 bits per heavy atom. The van der Waals surface area contributed by atoms with Crippen LogP contribution in [0.5, 0.6) is 0 Å². The average Bonchev–Trinajstić information content (AvgIpc) is 2.80. The quantitative estimate of drug-likeness (QED) is 0.0840. The van der Waals surface area contributed by atoms with Gasteiger partial charge < -0.3 is 9.84 Å². The first-order valence-electron chi connectivity index (χ1n) is 10.8. The third kappa shape index (κ3) is 6.67. The molecule has 0 bridgehead atoms. The monoisotopic (exact) mass is 580 g/mol. The minimum absolute atomic E-state index is 0.0161. The molecule has 0 radical (unpaired) electrons. The smallest absolute Gasteiger partial charge is 0.433 e. The van der Waals surface area contributed by atoms with Crippen LogP contribution >= 0.6 is 12.1 Å². The second kappa shape index (κ2) is 12.5. The van der Waals surface area contributed by atoms with Gasteiger partial charge >= 0.3 is 35.3 Å². The molecule has 6 nitrogen and oxygen atoms in total. The minimum Gasteiger partial charge on any atom is -0.481 e. The molecule has 0 aliphatic carbocycles. The number of esters is 1. The lowest BCUT2D eigenvalue weighted by atomic mass is 9.52. The van der Waals surface area contributed by atoms with Crippen molar-refractivity contribution in [2.24, 2.45) is 22.7 Å². The van der Waals surface area contributed by atoms with Crippen LogP contribution in [0.1, 0.15) is 53.9 Å². The second-order valence-corrected chi connectivity index (χ2v) is 9.41. The number of halogens is 9. The van der Waals surface area contributed by atoms with Crippen LogP contribution in [0.15, 0.2) is 12.7 Å². The summed E-state index contributed by atoms with van der Waals surface area (Å²) in [6, 6.07) is -6.01. The third-order valence-electron chi connectivity index (χ3n) is 6.90. The molecular formula is C21H29F9O6S. The van der Waals surface area contributed by atoms with E-state index in [4.69, 9.17) is 4.74 Å². The fourth-order valence-electron chi connectivity index (χ4n) is 4.07. The zero-order valence-electron chi connectivity index (χ0n) is 20.6. The summed E-state index contributed by atoms with van der Waals surface area (Å²) in [5.74, 6) is -12.2. The fraction of sp³-hybridized carbons (Fsp3) is 0.810. The highest BCUT2D eigenvalue weighted by Gasteiger charge is 2.72. The van der Waals surface area contributed by atoms with Crippen molar-refractivity contribution in [2.45, 2.75) is 77.2 Å². The summed E-state index contributed by atoms with van der Waals surface area (Å²) in [5.41, 5.74) is -4.17. The summed E-state index contributed by atoms with van der Waals surface area (Å²) in [6.45, 7) is 9.05. The Bertz CT molecular complexity index is 817. The Morgan fingerprint density at radius 3 is 1.95 bits per heavy atom. The van der Waals surface area contributed by atoms with Crippen molar-refractivity contribution in [3.05, 3.63) is 12.7 Å². The molecule has 1 N–H and O–H groups in total. The maximum Gasteiger partial charge on any atom is 0.433 e.